The van der Waals surface area contributed by atoms with E-state index >= 15 is 0 Å². The van der Waals surface area contributed by atoms with Crippen LogP contribution in [0.3, 0.4) is 0 Å². The second-order valence-electron chi connectivity index (χ2n) is 3.64. The van der Waals surface area contributed by atoms with Gasteiger partial charge in [0, 0.05) is 11.8 Å². The van der Waals surface area contributed by atoms with Gasteiger partial charge in [-0.2, -0.15) is 11.8 Å². The number of amides is 1. The molecule has 16 heavy (non-hydrogen) atoms. The third kappa shape index (κ3) is 3.08. The van der Waals surface area contributed by atoms with E-state index in [-0.39, 0.29) is 5.91 Å². The number of anilines is 1. The van der Waals surface area contributed by atoms with Gasteiger partial charge in [0.2, 0.25) is 10.1 Å². The summed E-state index contributed by atoms with van der Waals surface area (Å²) >= 11 is 3.05. The minimum absolute atomic E-state index is 0.166. The van der Waals surface area contributed by atoms with Gasteiger partial charge < -0.3 is 11.1 Å². The van der Waals surface area contributed by atoms with Crippen molar-refractivity contribution in [2.24, 2.45) is 0 Å². The summed E-state index contributed by atoms with van der Waals surface area (Å²) in [6.45, 7) is 0.711. The van der Waals surface area contributed by atoms with Gasteiger partial charge in [0.1, 0.15) is 0 Å². The standard InChI is InChI=1S/C9H14N4OS2/c10-9-13-12-8(16-9)7(14)11-5-6-3-1-2-4-15-6/h6H,1-5H2,(H2,10,13)(H,11,14). The van der Waals surface area contributed by atoms with Crippen molar-refractivity contribution in [3.05, 3.63) is 5.01 Å². The summed E-state index contributed by atoms with van der Waals surface area (Å²) in [5.74, 6) is 1.03. The van der Waals surface area contributed by atoms with Crippen molar-refractivity contribution >= 4 is 34.1 Å². The van der Waals surface area contributed by atoms with E-state index in [4.69, 9.17) is 5.73 Å². The predicted molar refractivity (Wildman–Crippen MR) is 66.8 cm³/mol. The summed E-state index contributed by atoms with van der Waals surface area (Å²) in [4.78, 5) is 11.6. The highest BCUT2D eigenvalue weighted by Gasteiger charge is 2.16. The maximum atomic E-state index is 11.6. The van der Waals surface area contributed by atoms with E-state index in [1.54, 1.807) is 0 Å². The summed E-state index contributed by atoms with van der Waals surface area (Å²) in [7, 11) is 0. The van der Waals surface area contributed by atoms with E-state index < -0.39 is 0 Å². The molecule has 0 spiro atoms. The Morgan fingerprint density at radius 2 is 2.38 bits per heavy atom. The number of hydrogen-bond acceptors (Lipinski definition) is 6. The number of nitrogen functional groups attached to an aromatic ring is 1. The van der Waals surface area contributed by atoms with Crippen LogP contribution in [-0.4, -0.2) is 33.7 Å². The molecule has 1 aromatic rings. The molecule has 1 atom stereocenters. The minimum Gasteiger partial charge on any atom is -0.374 e. The van der Waals surface area contributed by atoms with Crippen LogP contribution in [0, 0.1) is 0 Å². The molecule has 0 bridgehead atoms. The Hall–Kier alpha value is -0.820. The van der Waals surface area contributed by atoms with Gasteiger partial charge in [-0.3, -0.25) is 4.79 Å². The summed E-state index contributed by atoms with van der Waals surface area (Å²) in [6.07, 6.45) is 3.74. The molecule has 0 aliphatic carbocycles. The lowest BCUT2D eigenvalue weighted by molar-refractivity contribution is 0.0952. The number of hydrogen-bond donors (Lipinski definition) is 2. The molecule has 0 saturated carbocycles. The van der Waals surface area contributed by atoms with Crippen molar-refractivity contribution in [1.29, 1.82) is 0 Å². The fourth-order valence-corrected chi connectivity index (χ4v) is 3.34. The molecule has 88 valence electrons. The average molecular weight is 258 g/mol. The number of carbonyl (C=O) groups is 1. The summed E-state index contributed by atoms with van der Waals surface area (Å²) < 4.78 is 0. The number of nitrogens with two attached hydrogens (primary N) is 1. The molecule has 3 N–H and O–H groups in total. The Balaban J connectivity index is 1.79. The fourth-order valence-electron chi connectivity index (χ4n) is 1.58. The topological polar surface area (TPSA) is 80.9 Å². The predicted octanol–water partition coefficient (Wildman–Crippen LogP) is 1.14. The van der Waals surface area contributed by atoms with E-state index in [1.807, 2.05) is 11.8 Å². The second-order valence-corrected chi connectivity index (χ2v) is 6.06. The van der Waals surface area contributed by atoms with Crippen LogP contribution in [0.15, 0.2) is 0 Å². The lowest BCUT2D eigenvalue weighted by Crippen LogP contribution is -2.31. The van der Waals surface area contributed by atoms with Gasteiger partial charge >= 0.3 is 0 Å². The molecule has 0 radical (unpaired) electrons. The Morgan fingerprint density at radius 3 is 3.00 bits per heavy atom. The first-order valence-corrected chi connectivity index (χ1v) is 7.11. The minimum atomic E-state index is -0.166. The number of rotatable bonds is 3. The van der Waals surface area contributed by atoms with E-state index in [0.29, 0.717) is 21.9 Å². The van der Waals surface area contributed by atoms with Crippen molar-refractivity contribution in [2.45, 2.75) is 24.5 Å². The van der Waals surface area contributed by atoms with Gasteiger partial charge in [-0.25, -0.2) is 0 Å². The van der Waals surface area contributed by atoms with Crippen molar-refractivity contribution in [2.75, 3.05) is 18.0 Å². The Morgan fingerprint density at radius 1 is 1.50 bits per heavy atom. The third-order valence-corrected chi connectivity index (χ3v) is 4.55. The maximum absolute atomic E-state index is 11.6. The van der Waals surface area contributed by atoms with Crippen LogP contribution in [0.25, 0.3) is 0 Å². The van der Waals surface area contributed by atoms with Gasteiger partial charge in [0.25, 0.3) is 5.91 Å². The number of nitrogens with one attached hydrogen (secondary N) is 1. The Labute approximate surface area is 102 Å². The van der Waals surface area contributed by atoms with Gasteiger partial charge in [-0.05, 0) is 18.6 Å². The monoisotopic (exact) mass is 258 g/mol. The fraction of sp³-hybridized carbons (Fsp3) is 0.667. The van der Waals surface area contributed by atoms with Crippen LogP contribution in [0.4, 0.5) is 5.13 Å². The molecule has 5 nitrogen and oxygen atoms in total. The van der Waals surface area contributed by atoms with Crippen molar-refractivity contribution in [3.8, 4) is 0 Å². The van der Waals surface area contributed by atoms with Gasteiger partial charge in [-0.15, -0.1) is 10.2 Å². The molecular formula is C9H14N4OS2. The first-order valence-electron chi connectivity index (χ1n) is 5.24. The first kappa shape index (κ1) is 11.7. The lowest BCUT2D eigenvalue weighted by atomic mass is 10.2. The van der Waals surface area contributed by atoms with Crippen molar-refractivity contribution < 1.29 is 4.79 Å². The molecule has 1 saturated heterocycles. The highest BCUT2D eigenvalue weighted by molar-refractivity contribution is 7.99. The Bertz CT molecular complexity index is 362. The molecule has 7 heteroatoms. The van der Waals surface area contributed by atoms with Crippen LogP contribution < -0.4 is 11.1 Å². The zero-order chi connectivity index (χ0) is 11.4. The molecule has 1 amide bonds. The van der Waals surface area contributed by atoms with Crippen LogP contribution in [0.2, 0.25) is 0 Å². The summed E-state index contributed by atoms with van der Waals surface area (Å²) in [5.41, 5.74) is 5.42. The quantitative estimate of drug-likeness (QED) is 0.849. The van der Waals surface area contributed by atoms with Gasteiger partial charge in [0.05, 0.1) is 0 Å². The molecule has 1 aliphatic rings. The molecule has 2 heterocycles. The maximum Gasteiger partial charge on any atom is 0.282 e. The molecule has 1 aromatic heterocycles. The number of nitrogens with zero attached hydrogens (tertiary/aromatic N) is 2. The van der Waals surface area contributed by atoms with Crippen LogP contribution in [-0.2, 0) is 0 Å². The normalized spacial score (nSPS) is 20.6. The van der Waals surface area contributed by atoms with Gasteiger partial charge in [-0.1, -0.05) is 17.8 Å². The first-order chi connectivity index (χ1) is 7.75. The zero-order valence-electron chi connectivity index (χ0n) is 8.81. The molecule has 2 rings (SSSR count). The van der Waals surface area contributed by atoms with Crippen molar-refractivity contribution in [3.63, 3.8) is 0 Å². The smallest absolute Gasteiger partial charge is 0.282 e. The number of thioether (sulfide) groups is 1. The molecule has 1 aliphatic heterocycles. The zero-order valence-corrected chi connectivity index (χ0v) is 10.4. The SMILES string of the molecule is Nc1nnc(C(=O)NCC2CCCCS2)s1. The van der Waals surface area contributed by atoms with Crippen LogP contribution >= 0.6 is 23.1 Å². The number of aromatic nitrogens is 2. The van der Waals surface area contributed by atoms with E-state index in [2.05, 4.69) is 15.5 Å². The van der Waals surface area contributed by atoms with Gasteiger partial charge in [0.15, 0.2) is 0 Å². The molecule has 1 fully saturated rings. The van der Waals surface area contributed by atoms with Crippen LogP contribution in [0.5, 0.6) is 0 Å². The average Bonchev–Trinajstić information content (AvgIpc) is 2.74. The number of carbonyl (C=O) groups excluding carboxylic acids is 1. The highest BCUT2D eigenvalue weighted by Crippen LogP contribution is 2.24. The molecule has 1 unspecified atom stereocenters. The van der Waals surface area contributed by atoms with E-state index in [9.17, 15) is 4.79 Å². The largest absolute Gasteiger partial charge is 0.374 e. The molecule has 0 aromatic carbocycles. The third-order valence-electron chi connectivity index (χ3n) is 2.40. The second kappa shape index (κ2) is 5.49. The molecular weight excluding hydrogens is 244 g/mol. The lowest BCUT2D eigenvalue weighted by Gasteiger charge is -2.20. The Kier molecular flexibility index (Phi) is 4.00. The highest BCUT2D eigenvalue weighted by atomic mass is 32.2. The van der Waals surface area contributed by atoms with Crippen molar-refractivity contribution in [1.82, 2.24) is 15.5 Å². The summed E-state index contributed by atoms with van der Waals surface area (Å²) in [5, 5.41) is 11.4. The van der Waals surface area contributed by atoms with E-state index in [0.717, 1.165) is 11.3 Å². The van der Waals surface area contributed by atoms with E-state index in [1.165, 1.54) is 25.0 Å². The summed E-state index contributed by atoms with van der Waals surface area (Å²) in [6, 6.07) is 0. The van der Waals surface area contributed by atoms with Crippen LogP contribution in [0.1, 0.15) is 29.1 Å².